The molecule has 2 heterocycles. The quantitative estimate of drug-likeness (QED) is 0.128. The number of hydrogen-bond acceptors (Lipinski definition) is 3. The van der Waals surface area contributed by atoms with Gasteiger partial charge < -0.3 is 14.4 Å². The summed E-state index contributed by atoms with van der Waals surface area (Å²) in [5, 5.41) is 5.03. The summed E-state index contributed by atoms with van der Waals surface area (Å²) in [6, 6.07) is 108. The molecule has 0 spiro atoms. The van der Waals surface area contributed by atoms with Gasteiger partial charge in [-0.3, -0.25) is 0 Å². The minimum Gasteiger partial charge on any atom is -0.310 e. The van der Waals surface area contributed by atoms with Crippen molar-refractivity contribution in [2.75, 3.05) is 9.80 Å². The van der Waals surface area contributed by atoms with E-state index in [0.717, 1.165) is 50.8 Å². The van der Waals surface area contributed by atoms with Gasteiger partial charge in [0, 0.05) is 53.7 Å². The van der Waals surface area contributed by atoms with E-state index in [1.165, 1.54) is 75.5 Å². The van der Waals surface area contributed by atoms with E-state index in [4.69, 9.17) is 0 Å². The first-order valence-corrected chi connectivity index (χ1v) is 26.7. The van der Waals surface area contributed by atoms with Crippen molar-refractivity contribution in [2.24, 2.45) is 0 Å². The van der Waals surface area contributed by atoms with Gasteiger partial charge in [-0.1, -0.05) is 212 Å². The molecule has 0 saturated carbocycles. The highest BCUT2D eigenvalue weighted by Crippen LogP contribution is 2.46. The average molecular weight is 988 g/mol. The Bertz CT molecular complexity index is 4220. The fraction of sp³-hybridized carbons (Fsp3) is 0. The van der Waals surface area contributed by atoms with Crippen LogP contribution in [-0.2, 0) is 0 Å². The number of rotatable bonds is 11. The van der Waals surface area contributed by atoms with Crippen molar-refractivity contribution in [3.63, 3.8) is 0 Å². The highest BCUT2D eigenvalue weighted by molar-refractivity contribution is 7.26. The molecule has 0 aliphatic heterocycles. The first-order chi connectivity index (χ1) is 37.7. The minimum absolute atomic E-state index is 1.02. The Kier molecular flexibility index (Phi) is 11.4. The fourth-order valence-corrected chi connectivity index (χ4v) is 12.4. The standard InChI is InChI=1S/C72H49N3S/c1-4-17-50(18-5-1)53-31-39-57(40-32-53)73(58-41-33-54(34-42-58)51-19-6-2-7-20-51)61-47-62(49-63(48-61)75-69-28-13-10-23-65(69)66-24-11-14-29-70(66)75)74(59-43-35-55(36-44-59)52-21-8-3-9-22-52)60-45-37-56(38-46-60)64-26-16-27-68-67-25-12-15-30-71(67)76-72(64)68/h1-49H. The Balaban J connectivity index is 0.996. The van der Waals surface area contributed by atoms with Gasteiger partial charge in [0.1, 0.15) is 0 Å². The van der Waals surface area contributed by atoms with Gasteiger partial charge in [-0.2, -0.15) is 0 Å². The highest BCUT2D eigenvalue weighted by Gasteiger charge is 2.23. The summed E-state index contributed by atoms with van der Waals surface area (Å²) < 4.78 is 5.05. The van der Waals surface area contributed by atoms with Crippen molar-refractivity contribution in [1.29, 1.82) is 0 Å². The predicted octanol–water partition coefficient (Wildman–Crippen LogP) is 20.8. The Morgan fingerprint density at radius 3 is 1.05 bits per heavy atom. The van der Waals surface area contributed by atoms with Crippen LogP contribution in [0.1, 0.15) is 0 Å². The number of hydrogen-bond donors (Lipinski definition) is 0. The molecule has 14 aromatic rings. The van der Waals surface area contributed by atoms with Crippen molar-refractivity contribution in [3.05, 3.63) is 297 Å². The fourth-order valence-electron chi connectivity index (χ4n) is 11.1. The average Bonchev–Trinajstić information content (AvgIpc) is 4.07. The van der Waals surface area contributed by atoms with E-state index in [1.54, 1.807) is 0 Å². The van der Waals surface area contributed by atoms with Crippen LogP contribution in [0.25, 0.3) is 92.2 Å². The first-order valence-electron chi connectivity index (χ1n) is 25.9. The van der Waals surface area contributed by atoms with Gasteiger partial charge in [0.05, 0.1) is 28.1 Å². The molecule has 0 radical (unpaired) electrons. The summed E-state index contributed by atoms with van der Waals surface area (Å²) in [5.41, 5.74) is 19.1. The Morgan fingerprint density at radius 1 is 0.250 bits per heavy atom. The lowest BCUT2D eigenvalue weighted by Crippen LogP contribution is -2.14. The second-order valence-electron chi connectivity index (χ2n) is 19.3. The molecule has 0 aliphatic carbocycles. The van der Waals surface area contributed by atoms with Crippen LogP contribution in [0.3, 0.4) is 0 Å². The summed E-state index contributed by atoms with van der Waals surface area (Å²) in [6.45, 7) is 0. The topological polar surface area (TPSA) is 11.4 Å². The molecule has 4 heteroatoms. The molecule has 14 rings (SSSR count). The summed E-state index contributed by atoms with van der Waals surface area (Å²) in [5.74, 6) is 0. The number of benzene rings is 12. The summed E-state index contributed by atoms with van der Waals surface area (Å²) in [6.07, 6.45) is 0. The molecule has 76 heavy (non-hydrogen) atoms. The van der Waals surface area contributed by atoms with Crippen LogP contribution in [0.5, 0.6) is 0 Å². The van der Waals surface area contributed by atoms with Gasteiger partial charge in [0.2, 0.25) is 0 Å². The van der Waals surface area contributed by atoms with Crippen molar-refractivity contribution in [3.8, 4) is 50.2 Å². The van der Waals surface area contributed by atoms with Crippen LogP contribution in [0.2, 0.25) is 0 Å². The summed E-state index contributed by atoms with van der Waals surface area (Å²) >= 11 is 1.87. The lowest BCUT2D eigenvalue weighted by Gasteiger charge is -2.31. The first kappa shape index (κ1) is 44.9. The summed E-state index contributed by atoms with van der Waals surface area (Å²) in [7, 11) is 0. The van der Waals surface area contributed by atoms with E-state index >= 15 is 0 Å². The van der Waals surface area contributed by atoms with Crippen molar-refractivity contribution in [2.45, 2.75) is 0 Å². The zero-order valence-electron chi connectivity index (χ0n) is 41.5. The Morgan fingerprint density at radius 2 is 0.605 bits per heavy atom. The molecule has 0 bridgehead atoms. The molecule has 0 N–H and O–H groups in total. The van der Waals surface area contributed by atoms with E-state index in [-0.39, 0.29) is 0 Å². The minimum atomic E-state index is 1.02. The SMILES string of the molecule is c1ccc(-c2ccc(N(c3ccc(-c4ccccc4)cc3)c3cc(N(c4ccc(-c5ccccc5)cc4)c4ccc(-c5cccc6c5sc5ccccc56)cc4)cc(-n4c5ccccc5c5ccccc54)c3)cc2)cc1. The molecular formula is C72H49N3S. The monoisotopic (exact) mass is 987 g/mol. The van der Waals surface area contributed by atoms with E-state index in [1.807, 2.05) is 11.3 Å². The molecule has 0 unspecified atom stereocenters. The van der Waals surface area contributed by atoms with E-state index in [2.05, 4.69) is 312 Å². The van der Waals surface area contributed by atoms with Gasteiger partial charge in [0.25, 0.3) is 0 Å². The number of thiophene rings is 1. The normalized spacial score (nSPS) is 11.4. The van der Waals surface area contributed by atoms with Crippen molar-refractivity contribution >= 4 is 87.4 Å². The van der Waals surface area contributed by atoms with E-state index in [9.17, 15) is 0 Å². The molecule has 3 nitrogen and oxygen atoms in total. The molecule has 0 saturated heterocycles. The molecule has 0 aliphatic rings. The number of anilines is 6. The lowest BCUT2D eigenvalue weighted by molar-refractivity contribution is 1.16. The number of aromatic nitrogens is 1. The van der Waals surface area contributed by atoms with Gasteiger partial charge in [-0.05, 0) is 129 Å². The second-order valence-corrected chi connectivity index (χ2v) is 20.4. The van der Waals surface area contributed by atoms with Gasteiger partial charge >= 0.3 is 0 Å². The lowest BCUT2D eigenvalue weighted by atomic mass is 10.0. The van der Waals surface area contributed by atoms with Gasteiger partial charge in [-0.15, -0.1) is 11.3 Å². The number of para-hydroxylation sites is 2. The van der Waals surface area contributed by atoms with Crippen LogP contribution < -0.4 is 9.80 Å². The molecular weight excluding hydrogens is 939 g/mol. The van der Waals surface area contributed by atoms with Crippen LogP contribution in [0.4, 0.5) is 34.1 Å². The van der Waals surface area contributed by atoms with E-state index in [0.29, 0.717) is 0 Å². The smallest absolute Gasteiger partial charge is 0.0541 e. The maximum absolute atomic E-state index is 2.44. The van der Waals surface area contributed by atoms with Crippen molar-refractivity contribution in [1.82, 2.24) is 4.57 Å². The van der Waals surface area contributed by atoms with Gasteiger partial charge in [-0.25, -0.2) is 0 Å². The maximum atomic E-state index is 2.44. The second kappa shape index (κ2) is 19.3. The largest absolute Gasteiger partial charge is 0.310 e. The third-order valence-corrected chi connectivity index (χ3v) is 16.0. The van der Waals surface area contributed by atoms with Crippen LogP contribution in [0, 0.1) is 0 Å². The van der Waals surface area contributed by atoms with Crippen LogP contribution in [0.15, 0.2) is 297 Å². The number of nitrogens with zero attached hydrogens (tertiary/aromatic N) is 3. The van der Waals surface area contributed by atoms with E-state index < -0.39 is 0 Å². The Hall–Kier alpha value is -9.74. The highest BCUT2D eigenvalue weighted by atomic mass is 32.1. The summed E-state index contributed by atoms with van der Waals surface area (Å²) in [4.78, 5) is 4.84. The predicted molar refractivity (Wildman–Crippen MR) is 325 cm³/mol. The third kappa shape index (κ3) is 8.18. The zero-order valence-corrected chi connectivity index (χ0v) is 42.4. The zero-order chi connectivity index (χ0) is 50.4. The third-order valence-electron chi connectivity index (χ3n) is 14.8. The maximum Gasteiger partial charge on any atom is 0.0541 e. The molecule has 12 aromatic carbocycles. The van der Waals surface area contributed by atoms with Crippen molar-refractivity contribution < 1.29 is 0 Å². The molecule has 0 atom stereocenters. The molecule has 358 valence electrons. The molecule has 0 fully saturated rings. The number of fused-ring (bicyclic) bond motifs is 6. The van der Waals surface area contributed by atoms with Gasteiger partial charge in [0.15, 0.2) is 0 Å². The Labute approximate surface area is 446 Å². The molecule has 2 aromatic heterocycles. The van der Waals surface area contributed by atoms with Crippen LogP contribution in [-0.4, -0.2) is 4.57 Å². The van der Waals surface area contributed by atoms with Crippen LogP contribution >= 0.6 is 11.3 Å². The molecule has 0 amide bonds.